The van der Waals surface area contributed by atoms with Gasteiger partial charge in [0.1, 0.15) is 12.1 Å². The fourth-order valence-corrected chi connectivity index (χ4v) is 1.30. The van der Waals surface area contributed by atoms with E-state index in [9.17, 15) is 9.59 Å². The maximum absolute atomic E-state index is 11.8. The van der Waals surface area contributed by atoms with Crippen LogP contribution in [0.15, 0.2) is 29.1 Å². The number of hydrogen-bond donors (Lipinski definition) is 1. The number of aliphatic hydroxyl groups excluding tert-OH is 1. The zero-order chi connectivity index (χ0) is 12.3. The van der Waals surface area contributed by atoms with E-state index in [4.69, 9.17) is 5.11 Å². The molecule has 0 radical (unpaired) electrons. The highest BCUT2D eigenvalue weighted by atomic mass is 16.6. The van der Waals surface area contributed by atoms with E-state index in [0.717, 1.165) is 0 Å². The first-order chi connectivity index (χ1) is 8.24. The molecule has 0 spiro atoms. The number of fused-ring (bicyclic) bond motifs is 1. The summed E-state index contributed by atoms with van der Waals surface area (Å²) in [5, 5.41) is 16.0. The summed E-state index contributed by atoms with van der Waals surface area (Å²) in [5.41, 5.74) is -0.192. The van der Waals surface area contributed by atoms with Gasteiger partial charge < -0.3 is 9.84 Å². The van der Waals surface area contributed by atoms with Gasteiger partial charge in [-0.1, -0.05) is 17.3 Å². The third kappa shape index (κ3) is 2.13. The standard InChI is InChI=1S/C10H9N3O4/c14-5-6-17-10(16)13-9(15)7-3-1-2-4-8(7)11-12-13/h1-4,14H,5-6H2. The maximum Gasteiger partial charge on any atom is 0.439 e. The average Bonchev–Trinajstić information content (AvgIpc) is 2.37. The first-order valence-corrected chi connectivity index (χ1v) is 4.87. The summed E-state index contributed by atoms with van der Waals surface area (Å²) < 4.78 is 5.10. The minimum Gasteiger partial charge on any atom is -0.445 e. The number of ether oxygens (including phenoxy) is 1. The summed E-state index contributed by atoms with van der Waals surface area (Å²) in [5.74, 6) is 0. The molecule has 1 aromatic heterocycles. The van der Waals surface area contributed by atoms with Crippen molar-refractivity contribution in [1.29, 1.82) is 0 Å². The second kappa shape index (κ2) is 4.71. The Balaban J connectivity index is 2.46. The Labute approximate surface area is 95.2 Å². The van der Waals surface area contributed by atoms with Crippen molar-refractivity contribution in [3.05, 3.63) is 34.6 Å². The van der Waals surface area contributed by atoms with Crippen molar-refractivity contribution in [2.75, 3.05) is 13.2 Å². The number of aliphatic hydroxyl groups is 1. The number of carbonyl (C=O) groups is 1. The van der Waals surface area contributed by atoms with Gasteiger partial charge in [-0.15, -0.1) is 9.78 Å². The van der Waals surface area contributed by atoms with Crippen molar-refractivity contribution in [1.82, 2.24) is 15.0 Å². The molecule has 7 nitrogen and oxygen atoms in total. The summed E-state index contributed by atoms with van der Waals surface area (Å²) in [6, 6.07) is 6.54. The van der Waals surface area contributed by atoms with Gasteiger partial charge in [0.05, 0.1) is 12.0 Å². The van der Waals surface area contributed by atoms with Gasteiger partial charge >= 0.3 is 6.09 Å². The van der Waals surface area contributed by atoms with Crippen molar-refractivity contribution in [2.45, 2.75) is 0 Å². The smallest absolute Gasteiger partial charge is 0.439 e. The molecule has 17 heavy (non-hydrogen) atoms. The van der Waals surface area contributed by atoms with Gasteiger partial charge in [-0.25, -0.2) is 4.79 Å². The molecule has 0 unspecified atom stereocenters. The van der Waals surface area contributed by atoms with Crippen molar-refractivity contribution in [2.24, 2.45) is 0 Å². The van der Waals surface area contributed by atoms with Crippen LogP contribution in [0.1, 0.15) is 0 Å². The fraction of sp³-hybridized carbons (Fsp3) is 0.200. The van der Waals surface area contributed by atoms with E-state index < -0.39 is 11.7 Å². The van der Waals surface area contributed by atoms with E-state index in [2.05, 4.69) is 15.0 Å². The lowest BCUT2D eigenvalue weighted by atomic mass is 10.2. The Morgan fingerprint density at radius 1 is 1.41 bits per heavy atom. The van der Waals surface area contributed by atoms with Crippen molar-refractivity contribution < 1.29 is 14.6 Å². The topological polar surface area (TPSA) is 94.3 Å². The predicted molar refractivity (Wildman–Crippen MR) is 57.6 cm³/mol. The molecule has 0 aliphatic heterocycles. The lowest BCUT2D eigenvalue weighted by Crippen LogP contribution is -2.31. The Morgan fingerprint density at radius 2 is 2.18 bits per heavy atom. The molecule has 0 saturated carbocycles. The number of carbonyl (C=O) groups excluding carboxylic acids is 1. The van der Waals surface area contributed by atoms with Crippen LogP contribution < -0.4 is 5.56 Å². The van der Waals surface area contributed by atoms with Gasteiger partial charge in [0.15, 0.2) is 0 Å². The maximum atomic E-state index is 11.8. The Hall–Kier alpha value is -2.28. The second-order valence-corrected chi connectivity index (χ2v) is 3.16. The highest BCUT2D eigenvalue weighted by Gasteiger charge is 2.12. The van der Waals surface area contributed by atoms with Gasteiger partial charge in [-0.2, -0.15) is 0 Å². The molecule has 1 N–H and O–H groups in total. The second-order valence-electron chi connectivity index (χ2n) is 3.16. The van der Waals surface area contributed by atoms with Gasteiger partial charge in [-0.05, 0) is 12.1 Å². The van der Waals surface area contributed by atoms with E-state index in [1.54, 1.807) is 24.3 Å². The Kier molecular flexibility index (Phi) is 3.10. The zero-order valence-corrected chi connectivity index (χ0v) is 8.74. The average molecular weight is 235 g/mol. The van der Waals surface area contributed by atoms with Crippen LogP contribution >= 0.6 is 0 Å². The molecule has 2 rings (SSSR count). The van der Waals surface area contributed by atoms with E-state index in [1.165, 1.54) is 0 Å². The van der Waals surface area contributed by atoms with Crippen LogP contribution in [0.2, 0.25) is 0 Å². The van der Waals surface area contributed by atoms with E-state index in [1.807, 2.05) is 0 Å². The Bertz CT molecular complexity index is 608. The predicted octanol–water partition coefficient (Wildman–Crippen LogP) is -0.232. The number of aromatic nitrogens is 3. The van der Waals surface area contributed by atoms with Crippen molar-refractivity contribution >= 4 is 17.0 Å². The van der Waals surface area contributed by atoms with E-state index in [0.29, 0.717) is 10.2 Å². The SMILES string of the molecule is O=C(OCCO)n1nnc2ccccc2c1=O. The quantitative estimate of drug-likeness (QED) is 0.772. The van der Waals surface area contributed by atoms with Crippen LogP contribution in [0, 0.1) is 0 Å². The number of hydrogen-bond acceptors (Lipinski definition) is 6. The molecule has 0 fully saturated rings. The molecular weight excluding hydrogens is 226 g/mol. The molecule has 0 atom stereocenters. The Morgan fingerprint density at radius 3 is 2.94 bits per heavy atom. The molecule has 7 heteroatoms. The summed E-state index contributed by atoms with van der Waals surface area (Å²) in [6.45, 7) is -0.513. The van der Waals surface area contributed by atoms with Crippen LogP contribution in [0.4, 0.5) is 4.79 Å². The third-order valence-corrected chi connectivity index (χ3v) is 2.06. The number of nitrogens with zero attached hydrogens (tertiary/aromatic N) is 3. The van der Waals surface area contributed by atoms with Crippen LogP contribution in [-0.4, -0.2) is 39.4 Å². The molecular formula is C10H9N3O4. The lowest BCUT2D eigenvalue weighted by molar-refractivity contribution is 0.116. The summed E-state index contributed by atoms with van der Waals surface area (Å²) in [6.07, 6.45) is -0.956. The summed E-state index contributed by atoms with van der Waals surface area (Å²) in [4.78, 5) is 23.2. The normalized spacial score (nSPS) is 10.4. The highest BCUT2D eigenvalue weighted by molar-refractivity contribution is 5.79. The van der Waals surface area contributed by atoms with Gasteiger partial charge in [-0.3, -0.25) is 4.79 Å². The van der Waals surface area contributed by atoms with Gasteiger partial charge in [0.2, 0.25) is 0 Å². The minimum absolute atomic E-state index is 0.195. The molecule has 88 valence electrons. The van der Waals surface area contributed by atoms with Crippen LogP contribution in [0.5, 0.6) is 0 Å². The van der Waals surface area contributed by atoms with E-state index >= 15 is 0 Å². The van der Waals surface area contributed by atoms with Crippen LogP contribution in [0.25, 0.3) is 10.9 Å². The fourth-order valence-electron chi connectivity index (χ4n) is 1.30. The largest absolute Gasteiger partial charge is 0.445 e. The third-order valence-electron chi connectivity index (χ3n) is 2.06. The minimum atomic E-state index is -0.956. The number of rotatable bonds is 2. The molecule has 0 saturated heterocycles. The van der Waals surface area contributed by atoms with Crippen molar-refractivity contribution in [3.8, 4) is 0 Å². The molecule has 1 aromatic carbocycles. The first kappa shape index (κ1) is 11.2. The number of benzene rings is 1. The molecule has 0 bridgehead atoms. The first-order valence-electron chi connectivity index (χ1n) is 4.87. The van der Waals surface area contributed by atoms with Gasteiger partial charge in [0, 0.05) is 0 Å². The highest BCUT2D eigenvalue weighted by Crippen LogP contribution is 2.03. The molecule has 2 aromatic rings. The zero-order valence-electron chi connectivity index (χ0n) is 8.74. The molecule has 0 aliphatic rings. The van der Waals surface area contributed by atoms with Gasteiger partial charge in [0.25, 0.3) is 5.56 Å². The van der Waals surface area contributed by atoms with Crippen LogP contribution in [0.3, 0.4) is 0 Å². The summed E-state index contributed by atoms with van der Waals surface area (Å²) in [7, 11) is 0. The molecule has 0 aliphatic carbocycles. The molecule has 0 amide bonds. The monoisotopic (exact) mass is 235 g/mol. The van der Waals surface area contributed by atoms with Crippen molar-refractivity contribution in [3.63, 3.8) is 0 Å². The summed E-state index contributed by atoms with van der Waals surface area (Å²) >= 11 is 0. The molecule has 1 heterocycles. The van der Waals surface area contributed by atoms with Crippen LogP contribution in [-0.2, 0) is 4.74 Å². The lowest BCUT2D eigenvalue weighted by Gasteiger charge is -2.03. The van der Waals surface area contributed by atoms with E-state index in [-0.39, 0.29) is 18.6 Å².